The van der Waals surface area contributed by atoms with E-state index in [1.54, 1.807) is 55.5 Å². The number of carbonyl (C=O) groups is 2. The summed E-state index contributed by atoms with van der Waals surface area (Å²) in [6, 6.07) is 23.3. The lowest BCUT2D eigenvalue weighted by Gasteiger charge is -2.25. The lowest BCUT2D eigenvalue weighted by molar-refractivity contribution is -0.138. The number of hydrogen-bond donors (Lipinski definition) is 1. The van der Waals surface area contributed by atoms with Gasteiger partial charge in [-0.3, -0.25) is 9.36 Å². The number of esters is 1. The van der Waals surface area contributed by atoms with Crippen molar-refractivity contribution < 1.29 is 23.8 Å². The van der Waals surface area contributed by atoms with Gasteiger partial charge in [-0.1, -0.05) is 77.0 Å². The van der Waals surface area contributed by atoms with Gasteiger partial charge in [0.2, 0.25) is 0 Å². The Kier molecular flexibility index (Phi) is 8.09. The number of rotatable bonds is 7. The number of carbonyl (C=O) groups excluding carboxylic acids is 1. The van der Waals surface area contributed by atoms with Crippen LogP contribution in [-0.2, 0) is 9.53 Å². The first-order chi connectivity index (χ1) is 21.2. The fourth-order valence-electron chi connectivity index (χ4n) is 4.96. The Morgan fingerprint density at radius 2 is 1.77 bits per heavy atom. The highest BCUT2D eigenvalue weighted by Crippen LogP contribution is 2.35. The molecule has 1 N–H and O–H groups in total. The highest BCUT2D eigenvalue weighted by Gasteiger charge is 2.35. The Morgan fingerprint density at radius 3 is 2.48 bits per heavy atom. The van der Waals surface area contributed by atoms with Crippen molar-refractivity contribution in [3.05, 3.63) is 143 Å². The molecule has 1 aliphatic rings. The van der Waals surface area contributed by atoms with Gasteiger partial charge in [0.15, 0.2) is 4.80 Å². The van der Waals surface area contributed by atoms with E-state index in [0.29, 0.717) is 48.3 Å². The molecule has 11 heteroatoms. The van der Waals surface area contributed by atoms with E-state index in [9.17, 15) is 19.5 Å². The predicted octanol–water partition coefficient (Wildman–Crippen LogP) is 6.20. The molecule has 2 aromatic heterocycles. The van der Waals surface area contributed by atoms with E-state index in [1.165, 1.54) is 16.7 Å². The van der Waals surface area contributed by atoms with Crippen LogP contribution >= 0.6 is 34.5 Å². The van der Waals surface area contributed by atoms with E-state index in [0.717, 1.165) is 11.3 Å². The second-order valence-electron chi connectivity index (χ2n) is 9.68. The summed E-state index contributed by atoms with van der Waals surface area (Å²) >= 11 is 13.4. The van der Waals surface area contributed by atoms with Gasteiger partial charge in [-0.2, -0.15) is 0 Å². The van der Waals surface area contributed by atoms with Gasteiger partial charge in [0.1, 0.15) is 11.5 Å². The topological polar surface area (TPSA) is 111 Å². The number of carboxylic acids is 1. The molecule has 0 fully saturated rings. The van der Waals surface area contributed by atoms with Crippen LogP contribution in [0.2, 0.25) is 10.0 Å². The van der Waals surface area contributed by atoms with Crippen LogP contribution in [0.25, 0.3) is 23.1 Å². The number of benzene rings is 3. The van der Waals surface area contributed by atoms with Gasteiger partial charge in [-0.25, -0.2) is 14.6 Å². The van der Waals surface area contributed by atoms with Crippen molar-refractivity contribution in [3.63, 3.8) is 0 Å². The van der Waals surface area contributed by atoms with Crippen molar-refractivity contribution >= 4 is 58.3 Å². The molecule has 44 heavy (non-hydrogen) atoms. The quantitative estimate of drug-likeness (QED) is 0.211. The Labute approximate surface area is 264 Å². The molecular formula is C33H22Cl2N2O6S. The zero-order valence-corrected chi connectivity index (χ0v) is 25.3. The molecular weight excluding hydrogens is 623 g/mol. The molecule has 0 bridgehead atoms. The molecule has 3 heterocycles. The highest BCUT2D eigenvalue weighted by atomic mass is 35.5. The van der Waals surface area contributed by atoms with E-state index in [2.05, 4.69) is 0 Å². The van der Waals surface area contributed by atoms with E-state index in [-0.39, 0.29) is 28.3 Å². The molecule has 3 aromatic carbocycles. The number of furan rings is 1. The summed E-state index contributed by atoms with van der Waals surface area (Å²) in [5.41, 5.74) is 2.09. The normalized spacial score (nSPS) is 14.7. The van der Waals surface area contributed by atoms with Crippen LogP contribution in [0, 0.1) is 0 Å². The molecule has 1 unspecified atom stereocenters. The van der Waals surface area contributed by atoms with Crippen LogP contribution in [0.3, 0.4) is 0 Å². The number of fused-ring (bicyclic) bond motifs is 1. The van der Waals surface area contributed by atoms with Gasteiger partial charge in [0, 0.05) is 22.2 Å². The number of carboxylic acid groups (broad SMARTS) is 1. The summed E-state index contributed by atoms with van der Waals surface area (Å²) in [6.07, 6.45) is 1.59. The number of nitrogens with zero attached hydrogens (tertiary/aromatic N) is 2. The summed E-state index contributed by atoms with van der Waals surface area (Å²) in [5.74, 6) is -0.966. The molecule has 0 aliphatic carbocycles. The second kappa shape index (κ2) is 12.1. The SMILES string of the molecule is CCOC(=O)C1=C(c2ccccc2)N=c2s/c(=C\c3ccc(-c4ccc(Cl)c(C(=O)O)c4)o3)c(=O)n2C1c1ccc(Cl)cc1. The molecule has 220 valence electrons. The third kappa shape index (κ3) is 5.53. The third-order valence-corrected chi connectivity index (χ3v) is 8.51. The summed E-state index contributed by atoms with van der Waals surface area (Å²) < 4.78 is 13.3. The lowest BCUT2D eigenvalue weighted by atomic mass is 9.93. The van der Waals surface area contributed by atoms with Gasteiger partial charge in [0.25, 0.3) is 5.56 Å². The average Bonchev–Trinajstić information content (AvgIpc) is 3.61. The summed E-state index contributed by atoms with van der Waals surface area (Å²) in [6.45, 7) is 1.86. The van der Waals surface area contributed by atoms with Gasteiger partial charge in [-0.05, 0) is 55.0 Å². The number of thiazole rings is 1. The van der Waals surface area contributed by atoms with E-state index in [1.807, 2.05) is 30.3 Å². The molecule has 0 amide bonds. The predicted molar refractivity (Wildman–Crippen MR) is 169 cm³/mol. The molecule has 5 aromatic rings. The minimum absolute atomic E-state index is 0.0516. The number of aromatic carboxylic acids is 1. The maximum absolute atomic E-state index is 14.0. The Bertz CT molecular complexity index is 2130. The maximum Gasteiger partial charge on any atom is 0.338 e. The van der Waals surface area contributed by atoms with Crippen LogP contribution in [0.1, 0.15) is 40.2 Å². The Hall–Kier alpha value is -4.70. The van der Waals surface area contributed by atoms with E-state index in [4.69, 9.17) is 37.3 Å². The molecule has 1 aliphatic heterocycles. The van der Waals surface area contributed by atoms with Gasteiger partial charge < -0.3 is 14.3 Å². The zero-order chi connectivity index (χ0) is 31.0. The smallest absolute Gasteiger partial charge is 0.338 e. The third-order valence-electron chi connectivity index (χ3n) is 6.94. The van der Waals surface area contributed by atoms with Crippen molar-refractivity contribution in [1.82, 2.24) is 4.57 Å². The van der Waals surface area contributed by atoms with Crippen molar-refractivity contribution in [3.8, 4) is 11.3 Å². The molecule has 0 saturated heterocycles. The van der Waals surface area contributed by atoms with Crippen LogP contribution in [0.5, 0.6) is 0 Å². The Balaban J connectivity index is 1.53. The summed E-state index contributed by atoms with van der Waals surface area (Å²) in [5, 5.41) is 10.1. The van der Waals surface area contributed by atoms with Gasteiger partial charge in [-0.15, -0.1) is 0 Å². The van der Waals surface area contributed by atoms with Crippen LogP contribution in [-0.4, -0.2) is 28.2 Å². The monoisotopic (exact) mass is 644 g/mol. The fourth-order valence-corrected chi connectivity index (χ4v) is 6.26. The summed E-state index contributed by atoms with van der Waals surface area (Å²) in [7, 11) is 0. The first-order valence-corrected chi connectivity index (χ1v) is 15.0. The first-order valence-electron chi connectivity index (χ1n) is 13.4. The molecule has 0 saturated carbocycles. The van der Waals surface area contributed by atoms with Crippen molar-refractivity contribution in [2.24, 2.45) is 4.99 Å². The summed E-state index contributed by atoms with van der Waals surface area (Å²) in [4.78, 5) is 44.3. The molecule has 0 spiro atoms. The van der Waals surface area contributed by atoms with Gasteiger partial charge >= 0.3 is 11.9 Å². The van der Waals surface area contributed by atoms with Crippen LogP contribution in [0.4, 0.5) is 0 Å². The fraction of sp³-hybridized carbons (Fsp3) is 0.0909. The van der Waals surface area contributed by atoms with Gasteiger partial charge in [0.05, 0.1) is 39.0 Å². The zero-order valence-electron chi connectivity index (χ0n) is 23.0. The van der Waals surface area contributed by atoms with Crippen molar-refractivity contribution in [2.75, 3.05) is 6.61 Å². The number of ether oxygens (including phenoxy) is 1. The van der Waals surface area contributed by atoms with E-state index < -0.39 is 18.0 Å². The van der Waals surface area contributed by atoms with Crippen LogP contribution < -0.4 is 14.9 Å². The Morgan fingerprint density at radius 1 is 1.02 bits per heavy atom. The number of hydrogen-bond acceptors (Lipinski definition) is 7. The van der Waals surface area contributed by atoms with E-state index >= 15 is 0 Å². The molecule has 6 rings (SSSR count). The average molecular weight is 646 g/mol. The minimum Gasteiger partial charge on any atom is -0.478 e. The molecule has 0 radical (unpaired) electrons. The molecule has 1 atom stereocenters. The lowest BCUT2D eigenvalue weighted by Crippen LogP contribution is -2.39. The van der Waals surface area contributed by atoms with Crippen LogP contribution in [0.15, 0.2) is 105 Å². The van der Waals surface area contributed by atoms with Crippen molar-refractivity contribution in [2.45, 2.75) is 13.0 Å². The first kappa shape index (κ1) is 29.4. The molecule has 8 nitrogen and oxygen atoms in total. The second-order valence-corrected chi connectivity index (χ2v) is 11.5. The van der Waals surface area contributed by atoms with Crippen molar-refractivity contribution in [1.29, 1.82) is 0 Å². The maximum atomic E-state index is 14.0. The highest BCUT2D eigenvalue weighted by molar-refractivity contribution is 7.07. The number of halogens is 2. The largest absolute Gasteiger partial charge is 0.478 e. The standard InChI is InChI=1S/C33H22Cl2N2O6S/c1-2-42-32(41)27-28(18-6-4-3-5-7-18)36-33-37(29(27)19-8-11-21(34)12-9-19)30(38)26(44-33)17-22-13-15-25(43-22)20-10-14-24(35)23(16-20)31(39)40/h3-17,29H,2H2,1H3,(H,39,40)/b26-17-. The minimum atomic E-state index is -1.16. The number of aromatic nitrogens is 1.